The first-order valence-electron chi connectivity index (χ1n) is 8.58. The third kappa shape index (κ3) is 5.91. The molecule has 1 unspecified atom stereocenters. The van der Waals surface area contributed by atoms with E-state index in [-0.39, 0.29) is 24.0 Å². The van der Waals surface area contributed by atoms with E-state index >= 15 is 0 Å². The molecule has 0 saturated carbocycles. The number of halogens is 1. The number of hydrogen-bond donors (Lipinski definition) is 2. The van der Waals surface area contributed by atoms with Crippen LogP contribution >= 0.6 is 24.0 Å². The van der Waals surface area contributed by atoms with Crippen molar-refractivity contribution in [2.24, 2.45) is 4.99 Å². The molecular formula is C18H26IN5O. The van der Waals surface area contributed by atoms with Crippen molar-refractivity contribution in [1.29, 1.82) is 0 Å². The molecule has 2 aromatic rings. The molecule has 1 fully saturated rings. The topological polar surface area (TPSA) is 65.7 Å². The zero-order valence-electron chi connectivity index (χ0n) is 14.5. The molecule has 0 amide bonds. The van der Waals surface area contributed by atoms with E-state index in [0.29, 0.717) is 12.6 Å². The molecule has 2 aromatic heterocycles. The first kappa shape index (κ1) is 19.6. The minimum Gasteiger partial charge on any atom is -0.469 e. The van der Waals surface area contributed by atoms with E-state index in [1.54, 1.807) is 6.26 Å². The Morgan fingerprint density at radius 1 is 1.36 bits per heavy atom. The Morgan fingerprint density at radius 2 is 2.28 bits per heavy atom. The summed E-state index contributed by atoms with van der Waals surface area (Å²) in [5, 5.41) is 6.85. The zero-order valence-corrected chi connectivity index (χ0v) is 16.8. The average molecular weight is 455 g/mol. The van der Waals surface area contributed by atoms with E-state index in [2.05, 4.69) is 38.5 Å². The van der Waals surface area contributed by atoms with Crippen LogP contribution in [0.3, 0.4) is 0 Å². The van der Waals surface area contributed by atoms with E-state index in [1.807, 2.05) is 30.5 Å². The highest BCUT2D eigenvalue weighted by Gasteiger charge is 2.23. The third-order valence-electron chi connectivity index (χ3n) is 4.05. The van der Waals surface area contributed by atoms with Crippen molar-refractivity contribution in [3.05, 3.63) is 48.6 Å². The van der Waals surface area contributed by atoms with Crippen LogP contribution in [0.4, 0.5) is 5.82 Å². The second-order valence-electron chi connectivity index (χ2n) is 5.85. The van der Waals surface area contributed by atoms with Crippen molar-refractivity contribution in [3.8, 4) is 0 Å². The summed E-state index contributed by atoms with van der Waals surface area (Å²) in [4.78, 5) is 11.4. The Labute approximate surface area is 166 Å². The molecule has 1 aliphatic rings. The summed E-state index contributed by atoms with van der Waals surface area (Å²) < 4.78 is 5.35. The Bertz CT molecular complexity index is 632. The van der Waals surface area contributed by atoms with Crippen molar-refractivity contribution in [2.75, 3.05) is 31.1 Å². The van der Waals surface area contributed by atoms with Gasteiger partial charge in [-0.2, -0.15) is 0 Å². The van der Waals surface area contributed by atoms with Gasteiger partial charge < -0.3 is 20.0 Å². The van der Waals surface area contributed by atoms with Crippen molar-refractivity contribution >= 4 is 35.8 Å². The van der Waals surface area contributed by atoms with E-state index < -0.39 is 0 Å². The maximum atomic E-state index is 5.35. The second-order valence-corrected chi connectivity index (χ2v) is 5.85. The largest absolute Gasteiger partial charge is 0.469 e. The van der Waals surface area contributed by atoms with Gasteiger partial charge in [0.05, 0.1) is 6.26 Å². The second kappa shape index (κ2) is 10.3. The zero-order chi connectivity index (χ0) is 16.6. The lowest BCUT2D eigenvalue weighted by Crippen LogP contribution is -2.44. The number of hydrogen-bond acceptors (Lipinski definition) is 4. The lowest BCUT2D eigenvalue weighted by molar-refractivity contribution is 0.510. The van der Waals surface area contributed by atoms with E-state index in [1.165, 1.54) is 0 Å². The summed E-state index contributed by atoms with van der Waals surface area (Å²) in [5.41, 5.74) is 0. The van der Waals surface area contributed by atoms with Crippen LogP contribution in [-0.2, 0) is 6.42 Å². The van der Waals surface area contributed by atoms with Crippen molar-refractivity contribution < 1.29 is 4.42 Å². The SMILES string of the molecule is CCNC(=NCCc1ccco1)NC1CCN(c2ccccn2)C1.I. The molecule has 0 radical (unpaired) electrons. The fourth-order valence-corrected chi connectivity index (χ4v) is 2.87. The highest BCUT2D eigenvalue weighted by Crippen LogP contribution is 2.17. The lowest BCUT2D eigenvalue weighted by Gasteiger charge is -2.19. The molecule has 1 aliphatic heterocycles. The molecule has 0 spiro atoms. The van der Waals surface area contributed by atoms with Crippen LogP contribution in [0.2, 0.25) is 0 Å². The molecular weight excluding hydrogens is 429 g/mol. The number of pyridine rings is 1. The van der Waals surface area contributed by atoms with Gasteiger partial charge in [-0.1, -0.05) is 6.07 Å². The van der Waals surface area contributed by atoms with Crippen LogP contribution in [0.15, 0.2) is 52.2 Å². The summed E-state index contributed by atoms with van der Waals surface area (Å²) in [6.45, 7) is 5.60. The first-order valence-corrected chi connectivity index (χ1v) is 8.58. The Kier molecular flexibility index (Phi) is 8.03. The van der Waals surface area contributed by atoms with Crippen LogP contribution in [-0.4, -0.2) is 43.2 Å². The number of furan rings is 1. The van der Waals surface area contributed by atoms with Gasteiger partial charge in [0.1, 0.15) is 11.6 Å². The predicted molar refractivity (Wildman–Crippen MR) is 112 cm³/mol. The van der Waals surface area contributed by atoms with Crippen LogP contribution < -0.4 is 15.5 Å². The van der Waals surface area contributed by atoms with Gasteiger partial charge in [0.25, 0.3) is 0 Å². The lowest BCUT2D eigenvalue weighted by atomic mass is 10.3. The minimum absolute atomic E-state index is 0. The molecule has 3 heterocycles. The summed E-state index contributed by atoms with van der Waals surface area (Å²) >= 11 is 0. The Morgan fingerprint density at radius 3 is 3.00 bits per heavy atom. The number of nitrogens with one attached hydrogen (secondary N) is 2. The molecule has 0 bridgehead atoms. The van der Waals surface area contributed by atoms with Gasteiger partial charge in [-0.3, -0.25) is 4.99 Å². The summed E-state index contributed by atoms with van der Waals surface area (Å²) in [7, 11) is 0. The number of aromatic nitrogens is 1. The molecule has 3 rings (SSSR count). The number of guanidine groups is 1. The number of aliphatic imine (C=N–C) groups is 1. The molecule has 25 heavy (non-hydrogen) atoms. The summed E-state index contributed by atoms with van der Waals surface area (Å²) in [6, 6.07) is 10.3. The highest BCUT2D eigenvalue weighted by molar-refractivity contribution is 14.0. The third-order valence-corrected chi connectivity index (χ3v) is 4.05. The highest BCUT2D eigenvalue weighted by atomic mass is 127. The van der Waals surface area contributed by atoms with Crippen molar-refractivity contribution in [1.82, 2.24) is 15.6 Å². The maximum Gasteiger partial charge on any atom is 0.191 e. The number of anilines is 1. The molecule has 6 nitrogen and oxygen atoms in total. The number of rotatable bonds is 6. The van der Waals surface area contributed by atoms with Gasteiger partial charge in [-0.25, -0.2) is 4.98 Å². The van der Waals surface area contributed by atoms with Gasteiger partial charge in [0.2, 0.25) is 0 Å². The molecule has 2 N–H and O–H groups in total. The fraction of sp³-hybridized carbons (Fsp3) is 0.444. The maximum absolute atomic E-state index is 5.35. The smallest absolute Gasteiger partial charge is 0.191 e. The van der Waals surface area contributed by atoms with E-state index in [9.17, 15) is 0 Å². The quantitative estimate of drug-likeness (QED) is 0.399. The normalized spacial score (nSPS) is 17.2. The standard InChI is InChI=1S/C18H25N5O.HI/c1-2-19-18(21-11-8-16-6-5-13-24-16)22-15-9-12-23(14-15)17-7-3-4-10-20-17;/h3-7,10,13,15H,2,8-9,11-12,14H2,1H3,(H2,19,21,22);1H. The van der Waals surface area contributed by atoms with Gasteiger partial charge in [-0.05, 0) is 37.6 Å². The predicted octanol–water partition coefficient (Wildman–Crippen LogP) is 2.67. The van der Waals surface area contributed by atoms with E-state index in [0.717, 1.165) is 50.0 Å². The molecule has 0 aromatic carbocycles. The van der Waals surface area contributed by atoms with Crippen LogP contribution in [0, 0.1) is 0 Å². The fourth-order valence-electron chi connectivity index (χ4n) is 2.87. The Balaban J connectivity index is 0.00000225. The van der Waals surface area contributed by atoms with Gasteiger partial charge in [0.15, 0.2) is 5.96 Å². The first-order chi connectivity index (χ1) is 11.8. The summed E-state index contributed by atoms with van der Waals surface area (Å²) in [6.07, 6.45) is 5.44. The van der Waals surface area contributed by atoms with Crippen molar-refractivity contribution in [2.45, 2.75) is 25.8 Å². The molecule has 1 atom stereocenters. The van der Waals surface area contributed by atoms with Crippen LogP contribution in [0.25, 0.3) is 0 Å². The minimum atomic E-state index is 0. The molecule has 136 valence electrons. The van der Waals surface area contributed by atoms with Crippen LogP contribution in [0.1, 0.15) is 19.1 Å². The molecule has 7 heteroatoms. The summed E-state index contributed by atoms with van der Waals surface area (Å²) in [5.74, 6) is 2.88. The van der Waals surface area contributed by atoms with Crippen LogP contribution in [0.5, 0.6) is 0 Å². The molecule has 0 aliphatic carbocycles. The van der Waals surface area contributed by atoms with Gasteiger partial charge >= 0.3 is 0 Å². The number of nitrogens with zero attached hydrogens (tertiary/aromatic N) is 3. The van der Waals surface area contributed by atoms with Crippen molar-refractivity contribution in [3.63, 3.8) is 0 Å². The molecule has 1 saturated heterocycles. The monoisotopic (exact) mass is 455 g/mol. The average Bonchev–Trinajstić information content (AvgIpc) is 3.28. The Hall–Kier alpha value is -1.77. The van der Waals surface area contributed by atoms with Gasteiger partial charge in [-0.15, -0.1) is 24.0 Å². The van der Waals surface area contributed by atoms with Gasteiger partial charge in [0, 0.05) is 44.8 Å². The van der Waals surface area contributed by atoms with E-state index in [4.69, 9.17) is 4.42 Å².